The predicted octanol–water partition coefficient (Wildman–Crippen LogP) is -0.329. The molecule has 0 aliphatic rings. The average Bonchev–Trinajstić information content (AvgIpc) is 2.40. The zero-order chi connectivity index (χ0) is 14.1. The van der Waals surface area contributed by atoms with Gasteiger partial charge >= 0.3 is 5.97 Å². The summed E-state index contributed by atoms with van der Waals surface area (Å²) in [6.07, 6.45) is 1.04. The van der Waals surface area contributed by atoms with E-state index in [0.29, 0.717) is 33.0 Å². The molecular weight excluding hydrogens is 244 g/mol. The summed E-state index contributed by atoms with van der Waals surface area (Å²) >= 11 is 0. The predicted molar refractivity (Wildman–Crippen MR) is 63.7 cm³/mol. The Bertz CT molecular complexity index is 176. The second-order valence-corrected chi connectivity index (χ2v) is 2.68. The monoisotopic (exact) mass is 266 g/mol. The van der Waals surface area contributed by atoms with Crippen LogP contribution in [-0.4, -0.2) is 62.4 Å². The third kappa shape index (κ3) is 20.4. The van der Waals surface area contributed by atoms with Crippen molar-refractivity contribution in [1.29, 1.82) is 0 Å². The molecule has 0 radical (unpaired) electrons. The topological polar surface area (TPSA) is 94.5 Å². The zero-order valence-electron chi connectivity index (χ0n) is 10.7. The molecule has 0 aliphatic carbocycles. The lowest BCUT2D eigenvalue weighted by Crippen LogP contribution is -2.09. The summed E-state index contributed by atoms with van der Waals surface area (Å²) in [6.45, 7) is 6.97. The second kappa shape index (κ2) is 18.4. The Balaban J connectivity index is 0. The standard InChI is InChI=1S/C6H14O4.C5H8O3/c7-1-3-9-5-6-10-4-2-8;1-3-5(6)8-7-4-2/h7-8H,1-6H2;3H,1,4H2,2H3. The van der Waals surface area contributed by atoms with Crippen molar-refractivity contribution in [3.8, 4) is 0 Å². The summed E-state index contributed by atoms with van der Waals surface area (Å²) in [6, 6.07) is 0. The molecule has 0 aromatic carbocycles. The lowest BCUT2D eigenvalue weighted by atomic mass is 10.7. The molecule has 0 spiro atoms. The number of hydrogen-bond acceptors (Lipinski definition) is 7. The van der Waals surface area contributed by atoms with Crippen LogP contribution < -0.4 is 0 Å². The molecule has 0 amide bonds. The van der Waals surface area contributed by atoms with E-state index in [-0.39, 0.29) is 13.2 Å². The Labute approximate surface area is 107 Å². The van der Waals surface area contributed by atoms with Crippen LogP contribution in [0.1, 0.15) is 6.92 Å². The molecule has 108 valence electrons. The molecule has 0 aliphatic heterocycles. The van der Waals surface area contributed by atoms with Gasteiger partial charge in [0.15, 0.2) is 0 Å². The minimum absolute atomic E-state index is 0.0417. The van der Waals surface area contributed by atoms with Crippen LogP contribution in [0, 0.1) is 0 Å². The van der Waals surface area contributed by atoms with Crippen molar-refractivity contribution in [1.82, 2.24) is 0 Å². The van der Waals surface area contributed by atoms with E-state index in [2.05, 4.69) is 16.4 Å². The van der Waals surface area contributed by atoms with E-state index in [1.807, 2.05) is 0 Å². The van der Waals surface area contributed by atoms with Crippen molar-refractivity contribution >= 4 is 5.97 Å². The summed E-state index contributed by atoms with van der Waals surface area (Å²) in [5, 5.41) is 16.5. The molecular formula is C11H22O7. The molecule has 0 fully saturated rings. The molecule has 0 heterocycles. The molecule has 0 saturated heterocycles. The second-order valence-electron chi connectivity index (χ2n) is 2.68. The van der Waals surface area contributed by atoms with Crippen LogP contribution in [0.5, 0.6) is 0 Å². The minimum atomic E-state index is -0.563. The number of hydrogen-bond donors (Lipinski definition) is 2. The third-order valence-electron chi connectivity index (χ3n) is 1.27. The van der Waals surface area contributed by atoms with Crippen molar-refractivity contribution in [2.45, 2.75) is 6.92 Å². The van der Waals surface area contributed by atoms with Crippen molar-refractivity contribution in [2.24, 2.45) is 0 Å². The smallest absolute Gasteiger partial charge is 0.365 e. The first-order valence-electron chi connectivity index (χ1n) is 5.55. The molecule has 0 saturated carbocycles. The lowest BCUT2D eigenvalue weighted by Gasteiger charge is -2.01. The van der Waals surface area contributed by atoms with Crippen molar-refractivity contribution in [3.05, 3.63) is 12.7 Å². The maximum atomic E-state index is 10.1. The summed E-state index contributed by atoms with van der Waals surface area (Å²) in [4.78, 5) is 18.5. The Morgan fingerprint density at radius 3 is 1.94 bits per heavy atom. The first kappa shape index (κ1) is 19.4. The normalized spacial score (nSPS) is 9.28. The van der Waals surface area contributed by atoms with E-state index in [0.717, 1.165) is 6.08 Å². The van der Waals surface area contributed by atoms with E-state index in [9.17, 15) is 4.79 Å². The molecule has 0 rings (SSSR count). The van der Waals surface area contributed by atoms with Crippen LogP contribution in [0.2, 0.25) is 0 Å². The highest BCUT2D eigenvalue weighted by Gasteiger charge is 1.91. The van der Waals surface area contributed by atoms with Crippen LogP contribution in [0.3, 0.4) is 0 Å². The fourth-order valence-corrected chi connectivity index (χ4v) is 0.602. The molecule has 0 bridgehead atoms. The average molecular weight is 266 g/mol. The fourth-order valence-electron chi connectivity index (χ4n) is 0.602. The first-order chi connectivity index (χ1) is 8.72. The highest BCUT2D eigenvalue weighted by molar-refractivity contribution is 5.80. The molecule has 7 nitrogen and oxygen atoms in total. The highest BCUT2D eigenvalue weighted by Crippen LogP contribution is 1.79. The van der Waals surface area contributed by atoms with Crippen molar-refractivity contribution in [3.63, 3.8) is 0 Å². The van der Waals surface area contributed by atoms with Gasteiger partial charge in [-0.1, -0.05) is 6.58 Å². The van der Waals surface area contributed by atoms with Crippen LogP contribution in [-0.2, 0) is 24.0 Å². The molecule has 18 heavy (non-hydrogen) atoms. The summed E-state index contributed by atoms with van der Waals surface area (Å²) in [5.41, 5.74) is 0. The van der Waals surface area contributed by atoms with Gasteiger partial charge in [0.05, 0.1) is 46.2 Å². The molecule has 0 aromatic heterocycles. The minimum Gasteiger partial charge on any atom is -0.394 e. The fraction of sp³-hybridized carbons (Fsp3) is 0.727. The summed E-state index contributed by atoms with van der Waals surface area (Å²) < 4.78 is 9.75. The number of ether oxygens (including phenoxy) is 2. The van der Waals surface area contributed by atoms with Gasteiger partial charge in [0.2, 0.25) is 0 Å². The highest BCUT2D eigenvalue weighted by atomic mass is 17.2. The van der Waals surface area contributed by atoms with Gasteiger partial charge in [0, 0.05) is 6.08 Å². The third-order valence-corrected chi connectivity index (χ3v) is 1.27. The SMILES string of the molecule is C=CC(=O)OOCC.OCCOCCOCCO. The number of aliphatic hydroxyl groups excluding tert-OH is 2. The van der Waals surface area contributed by atoms with Gasteiger partial charge in [-0.05, 0) is 6.92 Å². The van der Waals surface area contributed by atoms with Gasteiger partial charge < -0.3 is 19.7 Å². The number of carbonyl (C=O) groups excluding carboxylic acids is 1. The molecule has 0 aromatic rings. The van der Waals surface area contributed by atoms with Gasteiger partial charge in [0.25, 0.3) is 0 Å². The van der Waals surface area contributed by atoms with Crippen molar-refractivity contribution in [2.75, 3.05) is 46.2 Å². The van der Waals surface area contributed by atoms with Crippen LogP contribution >= 0.6 is 0 Å². The quantitative estimate of drug-likeness (QED) is 0.242. The van der Waals surface area contributed by atoms with E-state index < -0.39 is 5.97 Å². The largest absolute Gasteiger partial charge is 0.394 e. The zero-order valence-corrected chi connectivity index (χ0v) is 10.7. The van der Waals surface area contributed by atoms with Crippen LogP contribution in [0.15, 0.2) is 12.7 Å². The molecule has 0 atom stereocenters. The van der Waals surface area contributed by atoms with Crippen LogP contribution in [0.4, 0.5) is 0 Å². The van der Waals surface area contributed by atoms with Gasteiger partial charge in [-0.2, -0.15) is 4.89 Å². The maximum Gasteiger partial charge on any atom is 0.365 e. The van der Waals surface area contributed by atoms with E-state index in [1.165, 1.54) is 0 Å². The van der Waals surface area contributed by atoms with E-state index in [1.54, 1.807) is 6.92 Å². The van der Waals surface area contributed by atoms with Crippen LogP contribution in [0.25, 0.3) is 0 Å². The first-order valence-corrected chi connectivity index (χ1v) is 5.55. The summed E-state index contributed by atoms with van der Waals surface area (Å²) in [7, 11) is 0. The number of rotatable bonds is 10. The van der Waals surface area contributed by atoms with Crippen molar-refractivity contribution < 1.29 is 34.3 Å². The Morgan fingerprint density at radius 2 is 1.61 bits per heavy atom. The van der Waals surface area contributed by atoms with Gasteiger partial charge in [0.1, 0.15) is 0 Å². The molecule has 7 heteroatoms. The van der Waals surface area contributed by atoms with Gasteiger partial charge in [-0.15, -0.1) is 0 Å². The Hall–Kier alpha value is -0.990. The number of carbonyl (C=O) groups is 1. The Morgan fingerprint density at radius 1 is 1.11 bits per heavy atom. The molecule has 0 unspecified atom stereocenters. The number of aliphatic hydroxyl groups is 2. The maximum absolute atomic E-state index is 10.1. The van der Waals surface area contributed by atoms with E-state index >= 15 is 0 Å². The van der Waals surface area contributed by atoms with Gasteiger partial charge in [-0.3, -0.25) is 4.89 Å². The lowest BCUT2D eigenvalue weighted by molar-refractivity contribution is -0.264. The summed E-state index contributed by atoms with van der Waals surface area (Å²) in [5.74, 6) is -0.563. The Kier molecular flexibility index (Phi) is 19.8. The molecule has 2 N–H and O–H groups in total. The van der Waals surface area contributed by atoms with Gasteiger partial charge in [-0.25, -0.2) is 4.79 Å². The van der Waals surface area contributed by atoms with E-state index in [4.69, 9.17) is 19.7 Å².